The Morgan fingerprint density at radius 3 is 2.76 bits per heavy atom. The van der Waals surface area contributed by atoms with Gasteiger partial charge in [0, 0.05) is 17.5 Å². The maximum Gasteiger partial charge on any atom is 0.220 e. The summed E-state index contributed by atoms with van der Waals surface area (Å²) in [5, 5.41) is 11.6. The average molecular weight is 300 g/mol. The van der Waals surface area contributed by atoms with Crippen LogP contribution in [0.3, 0.4) is 0 Å². The molecular weight excluding hydrogens is 282 g/mol. The third-order valence-electron chi connectivity index (χ3n) is 2.56. The summed E-state index contributed by atoms with van der Waals surface area (Å²) in [6.07, 6.45) is 1.87. The number of benzene rings is 1. The Labute approximate surface area is 110 Å². The van der Waals surface area contributed by atoms with Crippen molar-refractivity contribution in [1.82, 2.24) is 5.32 Å². The molecule has 1 rings (SSSR count). The van der Waals surface area contributed by atoms with Gasteiger partial charge in [0.25, 0.3) is 0 Å². The van der Waals surface area contributed by atoms with Crippen molar-refractivity contribution in [3.8, 4) is 0 Å². The minimum Gasteiger partial charge on any atom is -0.396 e. The Morgan fingerprint density at radius 1 is 1.41 bits per heavy atom. The van der Waals surface area contributed by atoms with Gasteiger partial charge in [-0.3, -0.25) is 4.79 Å². The monoisotopic (exact) mass is 299 g/mol. The number of carbonyl (C=O) groups is 1. The second-order valence-electron chi connectivity index (χ2n) is 3.99. The quantitative estimate of drug-likeness (QED) is 0.794. The number of nitrogens with one attached hydrogen (secondary N) is 1. The number of hydrogen-bond acceptors (Lipinski definition) is 2. The molecule has 0 heterocycles. The summed E-state index contributed by atoms with van der Waals surface area (Å²) in [7, 11) is 0. The normalized spacial score (nSPS) is 12.2. The Kier molecular flexibility index (Phi) is 6.22. The van der Waals surface area contributed by atoms with Gasteiger partial charge in [-0.05, 0) is 31.4 Å². The highest BCUT2D eigenvalue weighted by Crippen LogP contribution is 2.22. The minimum atomic E-state index is -0.00722. The van der Waals surface area contributed by atoms with E-state index in [-0.39, 0.29) is 18.6 Å². The third-order valence-corrected chi connectivity index (χ3v) is 3.28. The lowest BCUT2D eigenvalue weighted by molar-refractivity contribution is -0.121. The van der Waals surface area contributed by atoms with E-state index in [1.165, 1.54) is 0 Å². The van der Waals surface area contributed by atoms with E-state index in [1.54, 1.807) is 0 Å². The van der Waals surface area contributed by atoms with Gasteiger partial charge in [0.1, 0.15) is 0 Å². The number of halogens is 1. The number of aliphatic hydroxyl groups is 1. The Bertz CT molecular complexity index is 368. The highest BCUT2D eigenvalue weighted by atomic mass is 79.9. The van der Waals surface area contributed by atoms with Crippen LogP contribution in [0.25, 0.3) is 0 Å². The second kappa shape index (κ2) is 7.45. The molecule has 0 fully saturated rings. The molecule has 3 nitrogen and oxygen atoms in total. The van der Waals surface area contributed by atoms with Gasteiger partial charge in [-0.15, -0.1) is 0 Å². The summed E-state index contributed by atoms with van der Waals surface area (Å²) in [5.41, 5.74) is 1.07. The van der Waals surface area contributed by atoms with Crippen LogP contribution in [0.2, 0.25) is 0 Å². The molecule has 17 heavy (non-hydrogen) atoms. The molecule has 0 aliphatic carbocycles. The molecule has 2 N–H and O–H groups in total. The summed E-state index contributed by atoms with van der Waals surface area (Å²) < 4.78 is 1.00. The van der Waals surface area contributed by atoms with Crippen molar-refractivity contribution in [3.05, 3.63) is 34.3 Å². The van der Waals surface area contributed by atoms with Gasteiger partial charge in [-0.25, -0.2) is 0 Å². The van der Waals surface area contributed by atoms with E-state index in [1.807, 2.05) is 31.2 Å². The lowest BCUT2D eigenvalue weighted by Crippen LogP contribution is -2.26. The van der Waals surface area contributed by atoms with Crippen LogP contribution in [0.5, 0.6) is 0 Å². The molecule has 1 aromatic carbocycles. The molecule has 4 heteroatoms. The Hall–Kier alpha value is -0.870. The fraction of sp³-hybridized carbons (Fsp3) is 0.462. The van der Waals surface area contributed by atoms with Crippen LogP contribution in [-0.2, 0) is 4.79 Å². The maximum absolute atomic E-state index is 11.6. The van der Waals surface area contributed by atoms with Crippen molar-refractivity contribution in [1.29, 1.82) is 0 Å². The standard InChI is InChI=1S/C13H18BrNO2/c1-10(11-6-2-3-7-12(11)14)15-13(17)8-4-5-9-16/h2-3,6-7,10,16H,4-5,8-9H2,1H3,(H,15,17)/t10-/m0/s1. The molecule has 1 aromatic rings. The first-order valence-electron chi connectivity index (χ1n) is 5.79. The SMILES string of the molecule is C[C@H](NC(=O)CCCCO)c1ccccc1Br. The van der Waals surface area contributed by atoms with Gasteiger partial charge >= 0.3 is 0 Å². The molecule has 0 aliphatic heterocycles. The molecule has 94 valence electrons. The number of aliphatic hydroxyl groups excluding tert-OH is 1. The molecular formula is C13H18BrNO2. The predicted octanol–water partition coefficient (Wildman–Crippen LogP) is 2.79. The van der Waals surface area contributed by atoms with Gasteiger partial charge < -0.3 is 10.4 Å². The molecule has 0 spiro atoms. The number of carbonyl (C=O) groups excluding carboxylic acids is 1. The van der Waals surface area contributed by atoms with E-state index >= 15 is 0 Å². The van der Waals surface area contributed by atoms with Gasteiger partial charge in [-0.1, -0.05) is 34.1 Å². The molecule has 0 unspecified atom stereocenters. The maximum atomic E-state index is 11.6. The summed E-state index contributed by atoms with van der Waals surface area (Å²) >= 11 is 3.47. The summed E-state index contributed by atoms with van der Waals surface area (Å²) in [4.78, 5) is 11.6. The second-order valence-corrected chi connectivity index (χ2v) is 4.85. The lowest BCUT2D eigenvalue weighted by Gasteiger charge is -2.15. The predicted molar refractivity (Wildman–Crippen MR) is 71.6 cm³/mol. The van der Waals surface area contributed by atoms with Crippen LogP contribution < -0.4 is 5.32 Å². The zero-order chi connectivity index (χ0) is 12.7. The lowest BCUT2D eigenvalue weighted by atomic mass is 10.1. The van der Waals surface area contributed by atoms with Crippen LogP contribution in [0.15, 0.2) is 28.7 Å². The van der Waals surface area contributed by atoms with Crippen LogP contribution in [0.1, 0.15) is 37.8 Å². The van der Waals surface area contributed by atoms with E-state index in [9.17, 15) is 4.79 Å². The van der Waals surface area contributed by atoms with E-state index in [2.05, 4.69) is 21.2 Å². The van der Waals surface area contributed by atoms with Gasteiger partial charge in [0.05, 0.1) is 6.04 Å². The molecule has 0 radical (unpaired) electrons. The average Bonchev–Trinajstić information content (AvgIpc) is 2.29. The molecule has 0 aliphatic rings. The molecule has 1 atom stereocenters. The smallest absolute Gasteiger partial charge is 0.220 e. The first kappa shape index (κ1) is 14.2. The molecule has 0 saturated heterocycles. The Morgan fingerprint density at radius 2 is 2.12 bits per heavy atom. The van der Waals surface area contributed by atoms with Crippen molar-refractivity contribution >= 4 is 21.8 Å². The van der Waals surface area contributed by atoms with E-state index in [0.717, 1.165) is 16.5 Å². The zero-order valence-corrected chi connectivity index (χ0v) is 11.5. The minimum absolute atomic E-state index is 0.00722. The van der Waals surface area contributed by atoms with E-state index in [0.29, 0.717) is 12.8 Å². The van der Waals surface area contributed by atoms with Gasteiger partial charge in [-0.2, -0.15) is 0 Å². The first-order valence-corrected chi connectivity index (χ1v) is 6.59. The van der Waals surface area contributed by atoms with Crippen molar-refractivity contribution < 1.29 is 9.90 Å². The van der Waals surface area contributed by atoms with Crippen LogP contribution in [-0.4, -0.2) is 17.6 Å². The van der Waals surface area contributed by atoms with Crippen LogP contribution in [0.4, 0.5) is 0 Å². The first-order chi connectivity index (χ1) is 8.15. The molecule has 0 aromatic heterocycles. The van der Waals surface area contributed by atoms with Crippen LogP contribution in [0, 0.1) is 0 Å². The van der Waals surface area contributed by atoms with Crippen molar-refractivity contribution in [3.63, 3.8) is 0 Å². The summed E-state index contributed by atoms with van der Waals surface area (Å²) in [6.45, 7) is 2.11. The summed E-state index contributed by atoms with van der Waals surface area (Å²) in [5.74, 6) is 0.0294. The summed E-state index contributed by atoms with van der Waals surface area (Å²) in [6, 6.07) is 7.84. The fourth-order valence-electron chi connectivity index (χ4n) is 1.62. The third kappa shape index (κ3) is 4.88. The number of amides is 1. The van der Waals surface area contributed by atoms with Gasteiger partial charge in [0.2, 0.25) is 5.91 Å². The largest absolute Gasteiger partial charge is 0.396 e. The fourth-order valence-corrected chi connectivity index (χ4v) is 2.24. The van der Waals surface area contributed by atoms with Gasteiger partial charge in [0.15, 0.2) is 0 Å². The van der Waals surface area contributed by atoms with Crippen molar-refractivity contribution in [2.45, 2.75) is 32.2 Å². The molecule has 0 saturated carbocycles. The van der Waals surface area contributed by atoms with E-state index < -0.39 is 0 Å². The van der Waals surface area contributed by atoms with Crippen molar-refractivity contribution in [2.75, 3.05) is 6.61 Å². The molecule has 1 amide bonds. The Balaban J connectivity index is 2.46. The number of hydrogen-bond donors (Lipinski definition) is 2. The topological polar surface area (TPSA) is 49.3 Å². The number of rotatable bonds is 6. The zero-order valence-electron chi connectivity index (χ0n) is 9.95. The number of unbranched alkanes of at least 4 members (excludes halogenated alkanes) is 1. The highest BCUT2D eigenvalue weighted by molar-refractivity contribution is 9.10. The van der Waals surface area contributed by atoms with E-state index in [4.69, 9.17) is 5.11 Å². The highest BCUT2D eigenvalue weighted by Gasteiger charge is 2.11. The molecule has 0 bridgehead atoms. The van der Waals surface area contributed by atoms with Crippen molar-refractivity contribution in [2.24, 2.45) is 0 Å². The van der Waals surface area contributed by atoms with Crippen LogP contribution >= 0.6 is 15.9 Å².